The number of anilines is 1. The fourth-order valence-corrected chi connectivity index (χ4v) is 2.30. The number of aryl methyl sites for hydroxylation is 1. The molecule has 0 unspecified atom stereocenters. The van der Waals surface area contributed by atoms with Crippen LogP contribution >= 0.6 is 11.3 Å². The van der Waals surface area contributed by atoms with E-state index in [9.17, 15) is 0 Å². The standard InChI is InChI=1S/C11H13N3S/c1-7-10(14-11(13)15-7)9-5-3-2-4-8(9)6-12/h2-5H,6,12H2,1H3,(H2,13,14). The van der Waals surface area contributed by atoms with Crippen LogP contribution in [0.1, 0.15) is 10.4 Å². The van der Waals surface area contributed by atoms with Crippen LogP contribution in [0.4, 0.5) is 5.13 Å². The highest BCUT2D eigenvalue weighted by molar-refractivity contribution is 7.15. The Balaban J connectivity index is 2.58. The van der Waals surface area contributed by atoms with Crippen LogP contribution in [0, 0.1) is 6.92 Å². The lowest BCUT2D eigenvalue weighted by Gasteiger charge is -2.05. The maximum atomic E-state index is 5.69. The highest BCUT2D eigenvalue weighted by atomic mass is 32.1. The van der Waals surface area contributed by atoms with Crippen molar-refractivity contribution in [2.45, 2.75) is 13.5 Å². The average molecular weight is 219 g/mol. The lowest BCUT2D eigenvalue weighted by molar-refractivity contribution is 1.07. The topological polar surface area (TPSA) is 64.9 Å². The van der Waals surface area contributed by atoms with E-state index in [1.807, 2.05) is 31.2 Å². The van der Waals surface area contributed by atoms with Gasteiger partial charge >= 0.3 is 0 Å². The Morgan fingerprint density at radius 3 is 2.67 bits per heavy atom. The second-order valence-electron chi connectivity index (χ2n) is 3.32. The summed E-state index contributed by atoms with van der Waals surface area (Å²) in [7, 11) is 0. The minimum Gasteiger partial charge on any atom is -0.375 e. The molecule has 1 aromatic carbocycles. The monoisotopic (exact) mass is 219 g/mol. The first-order chi connectivity index (χ1) is 7.22. The minimum absolute atomic E-state index is 0.521. The molecule has 0 spiro atoms. The van der Waals surface area contributed by atoms with Gasteiger partial charge in [0.05, 0.1) is 5.69 Å². The molecule has 0 fully saturated rings. The number of benzene rings is 1. The molecule has 0 amide bonds. The normalized spacial score (nSPS) is 10.5. The van der Waals surface area contributed by atoms with Crippen LogP contribution in [0.25, 0.3) is 11.3 Å². The van der Waals surface area contributed by atoms with Crippen LogP contribution in [0.5, 0.6) is 0 Å². The van der Waals surface area contributed by atoms with Crippen molar-refractivity contribution in [2.75, 3.05) is 5.73 Å². The number of nitrogens with zero attached hydrogens (tertiary/aromatic N) is 1. The molecule has 0 radical (unpaired) electrons. The molecule has 0 saturated heterocycles. The molecular formula is C11H13N3S. The quantitative estimate of drug-likeness (QED) is 0.813. The van der Waals surface area contributed by atoms with Crippen LogP contribution < -0.4 is 11.5 Å². The predicted octanol–water partition coefficient (Wildman–Crippen LogP) is 2.16. The molecule has 2 aromatic rings. The Hall–Kier alpha value is -1.39. The first kappa shape index (κ1) is 10.1. The average Bonchev–Trinajstić information content (AvgIpc) is 2.57. The van der Waals surface area contributed by atoms with Crippen LogP contribution in [-0.2, 0) is 6.54 Å². The second-order valence-corrected chi connectivity index (χ2v) is 4.55. The summed E-state index contributed by atoms with van der Waals surface area (Å²) >= 11 is 1.51. The molecule has 0 bridgehead atoms. The summed E-state index contributed by atoms with van der Waals surface area (Å²) in [5.74, 6) is 0. The third-order valence-corrected chi connectivity index (χ3v) is 3.11. The number of rotatable bonds is 2. The third-order valence-electron chi connectivity index (χ3n) is 2.31. The lowest BCUT2D eigenvalue weighted by atomic mass is 10.0. The van der Waals surface area contributed by atoms with E-state index in [-0.39, 0.29) is 0 Å². The van der Waals surface area contributed by atoms with Crippen LogP contribution in [0.2, 0.25) is 0 Å². The van der Waals surface area contributed by atoms with Crippen molar-refractivity contribution in [2.24, 2.45) is 5.73 Å². The summed E-state index contributed by atoms with van der Waals surface area (Å²) in [6.45, 7) is 2.55. The molecule has 78 valence electrons. The molecule has 0 aliphatic carbocycles. The van der Waals surface area contributed by atoms with Gasteiger partial charge in [-0.1, -0.05) is 24.3 Å². The van der Waals surface area contributed by atoms with Gasteiger partial charge in [0.25, 0.3) is 0 Å². The van der Waals surface area contributed by atoms with Crippen LogP contribution in [0.3, 0.4) is 0 Å². The molecule has 0 atom stereocenters. The van der Waals surface area contributed by atoms with Crippen LogP contribution in [0.15, 0.2) is 24.3 Å². The lowest BCUT2D eigenvalue weighted by Crippen LogP contribution is -1.99. The molecule has 2 rings (SSSR count). The predicted molar refractivity (Wildman–Crippen MR) is 64.6 cm³/mol. The number of nitrogens with two attached hydrogens (primary N) is 2. The smallest absolute Gasteiger partial charge is 0.180 e. The van der Waals surface area contributed by atoms with Crippen molar-refractivity contribution in [1.82, 2.24) is 4.98 Å². The molecule has 0 saturated carbocycles. The van der Waals surface area contributed by atoms with E-state index in [1.165, 1.54) is 11.3 Å². The molecule has 1 aromatic heterocycles. The second kappa shape index (κ2) is 4.00. The molecule has 4 heteroatoms. The van der Waals surface area contributed by atoms with Crippen molar-refractivity contribution >= 4 is 16.5 Å². The van der Waals surface area contributed by atoms with Gasteiger partial charge in [0.15, 0.2) is 5.13 Å². The van der Waals surface area contributed by atoms with Gasteiger partial charge in [-0.05, 0) is 12.5 Å². The summed E-state index contributed by atoms with van der Waals surface area (Å²) in [5.41, 5.74) is 14.5. The van der Waals surface area contributed by atoms with Gasteiger partial charge in [0.2, 0.25) is 0 Å². The van der Waals surface area contributed by atoms with Crippen molar-refractivity contribution in [3.63, 3.8) is 0 Å². The van der Waals surface area contributed by atoms with E-state index in [0.29, 0.717) is 11.7 Å². The number of hydrogen-bond donors (Lipinski definition) is 2. The molecule has 4 N–H and O–H groups in total. The van der Waals surface area contributed by atoms with Crippen molar-refractivity contribution in [3.05, 3.63) is 34.7 Å². The first-order valence-electron chi connectivity index (χ1n) is 4.73. The number of aromatic nitrogens is 1. The molecule has 1 heterocycles. The number of thiazole rings is 1. The Kier molecular flexibility index (Phi) is 2.70. The SMILES string of the molecule is Cc1sc(N)nc1-c1ccccc1CN. The van der Waals surface area contributed by atoms with E-state index >= 15 is 0 Å². The zero-order valence-corrected chi connectivity index (χ0v) is 9.34. The van der Waals surface area contributed by atoms with E-state index in [1.54, 1.807) is 0 Å². The summed E-state index contributed by atoms with van der Waals surface area (Å²) in [5, 5.41) is 0.606. The molecule has 0 aliphatic rings. The van der Waals surface area contributed by atoms with Gasteiger partial charge < -0.3 is 11.5 Å². The van der Waals surface area contributed by atoms with E-state index in [0.717, 1.165) is 21.7 Å². The largest absolute Gasteiger partial charge is 0.375 e. The fourth-order valence-electron chi connectivity index (χ4n) is 1.60. The van der Waals surface area contributed by atoms with E-state index in [4.69, 9.17) is 11.5 Å². The Morgan fingerprint density at radius 2 is 2.07 bits per heavy atom. The van der Waals surface area contributed by atoms with Gasteiger partial charge in [0.1, 0.15) is 0 Å². The van der Waals surface area contributed by atoms with Crippen LogP contribution in [-0.4, -0.2) is 4.98 Å². The van der Waals surface area contributed by atoms with Gasteiger partial charge in [-0.25, -0.2) is 4.98 Å². The summed E-state index contributed by atoms with van der Waals surface area (Å²) in [4.78, 5) is 5.46. The van der Waals surface area contributed by atoms with Gasteiger partial charge in [-0.3, -0.25) is 0 Å². The zero-order chi connectivity index (χ0) is 10.8. The number of hydrogen-bond acceptors (Lipinski definition) is 4. The summed E-state index contributed by atoms with van der Waals surface area (Å²) < 4.78 is 0. The number of nitrogen functional groups attached to an aromatic ring is 1. The molecular weight excluding hydrogens is 206 g/mol. The molecule has 15 heavy (non-hydrogen) atoms. The maximum absolute atomic E-state index is 5.69. The van der Waals surface area contributed by atoms with Crippen molar-refractivity contribution in [1.29, 1.82) is 0 Å². The Bertz CT molecular complexity index is 476. The Morgan fingerprint density at radius 1 is 1.33 bits per heavy atom. The minimum atomic E-state index is 0.521. The van der Waals surface area contributed by atoms with Crippen molar-refractivity contribution in [3.8, 4) is 11.3 Å². The summed E-state index contributed by atoms with van der Waals surface area (Å²) in [6, 6.07) is 8.02. The molecule has 0 aliphatic heterocycles. The van der Waals surface area contributed by atoms with E-state index in [2.05, 4.69) is 4.98 Å². The van der Waals surface area contributed by atoms with Gasteiger partial charge in [-0.2, -0.15) is 0 Å². The highest BCUT2D eigenvalue weighted by Gasteiger charge is 2.10. The summed E-state index contributed by atoms with van der Waals surface area (Å²) in [6.07, 6.45) is 0. The van der Waals surface area contributed by atoms with E-state index < -0.39 is 0 Å². The third kappa shape index (κ3) is 1.86. The molecule has 3 nitrogen and oxygen atoms in total. The highest BCUT2D eigenvalue weighted by Crippen LogP contribution is 2.30. The Labute approximate surface area is 92.8 Å². The first-order valence-corrected chi connectivity index (χ1v) is 5.55. The van der Waals surface area contributed by atoms with Gasteiger partial charge in [0, 0.05) is 17.0 Å². The maximum Gasteiger partial charge on any atom is 0.180 e. The zero-order valence-electron chi connectivity index (χ0n) is 8.53. The van der Waals surface area contributed by atoms with Gasteiger partial charge in [-0.15, -0.1) is 11.3 Å². The fraction of sp³-hybridized carbons (Fsp3) is 0.182. The van der Waals surface area contributed by atoms with Crippen molar-refractivity contribution < 1.29 is 0 Å².